The van der Waals surface area contributed by atoms with Crippen molar-refractivity contribution in [2.45, 2.75) is 51.7 Å². The molecule has 0 aliphatic carbocycles. The minimum absolute atomic E-state index is 0.0788. The molecule has 3 nitrogen and oxygen atoms in total. The summed E-state index contributed by atoms with van der Waals surface area (Å²) in [6.07, 6.45) is 1.08. The maximum atomic E-state index is 6.53. The highest BCUT2D eigenvalue weighted by Crippen LogP contribution is 2.25. The zero-order valence-corrected chi connectivity index (χ0v) is 14.3. The summed E-state index contributed by atoms with van der Waals surface area (Å²) < 4.78 is 0. The van der Waals surface area contributed by atoms with Gasteiger partial charge in [0.1, 0.15) is 0 Å². The van der Waals surface area contributed by atoms with Gasteiger partial charge in [0.25, 0.3) is 0 Å². The number of benzene rings is 1. The summed E-state index contributed by atoms with van der Waals surface area (Å²) in [6, 6.07) is 9.24. The van der Waals surface area contributed by atoms with Crippen LogP contribution in [0.4, 0.5) is 0 Å². The molecule has 1 heterocycles. The molecule has 0 bridgehead atoms. The first-order valence-electron chi connectivity index (χ1n) is 8.15. The summed E-state index contributed by atoms with van der Waals surface area (Å²) in [5.74, 6) is 0. The third-order valence-electron chi connectivity index (χ3n) is 5.21. The second-order valence-electron chi connectivity index (χ2n) is 7.07. The van der Waals surface area contributed by atoms with Crippen LogP contribution in [0.2, 0.25) is 0 Å². The highest BCUT2D eigenvalue weighted by molar-refractivity contribution is 5.25. The molecule has 2 unspecified atom stereocenters. The van der Waals surface area contributed by atoms with Gasteiger partial charge in [-0.3, -0.25) is 9.80 Å². The Labute approximate surface area is 130 Å². The number of aryl methyl sites for hydroxylation is 1. The molecule has 0 aromatic heterocycles. The zero-order chi connectivity index (χ0) is 15.6. The molecule has 21 heavy (non-hydrogen) atoms. The van der Waals surface area contributed by atoms with Crippen molar-refractivity contribution in [3.63, 3.8) is 0 Å². The predicted octanol–water partition coefficient (Wildman–Crippen LogP) is 2.66. The van der Waals surface area contributed by atoms with Crippen LogP contribution in [-0.2, 0) is 6.42 Å². The summed E-state index contributed by atoms with van der Waals surface area (Å²) in [6.45, 7) is 12.4. The average molecular weight is 289 g/mol. The quantitative estimate of drug-likeness (QED) is 0.925. The van der Waals surface area contributed by atoms with E-state index in [2.05, 4.69) is 68.8 Å². The molecule has 2 atom stereocenters. The van der Waals surface area contributed by atoms with Gasteiger partial charge in [-0.15, -0.1) is 0 Å². The zero-order valence-electron chi connectivity index (χ0n) is 14.3. The van der Waals surface area contributed by atoms with E-state index in [1.807, 2.05) is 0 Å². The molecule has 1 saturated heterocycles. The van der Waals surface area contributed by atoms with E-state index in [1.165, 1.54) is 11.1 Å². The summed E-state index contributed by atoms with van der Waals surface area (Å²) in [7, 11) is 2.21. The van der Waals surface area contributed by atoms with Crippen LogP contribution in [-0.4, -0.2) is 48.1 Å². The van der Waals surface area contributed by atoms with E-state index < -0.39 is 0 Å². The average Bonchev–Trinajstić information content (AvgIpc) is 2.48. The lowest BCUT2D eigenvalue weighted by Crippen LogP contribution is -2.60. The molecule has 1 aromatic rings. The Hall–Kier alpha value is -0.900. The molecular weight excluding hydrogens is 258 g/mol. The lowest BCUT2D eigenvalue weighted by atomic mass is 9.94. The van der Waals surface area contributed by atoms with Crippen molar-refractivity contribution in [1.29, 1.82) is 0 Å². The molecule has 0 radical (unpaired) electrons. The number of piperazine rings is 1. The molecule has 1 aliphatic heterocycles. The van der Waals surface area contributed by atoms with Crippen LogP contribution in [0.25, 0.3) is 0 Å². The van der Waals surface area contributed by atoms with Crippen molar-refractivity contribution in [1.82, 2.24) is 9.80 Å². The largest absolute Gasteiger partial charge is 0.323 e. The lowest BCUT2D eigenvalue weighted by molar-refractivity contribution is 0.0149. The van der Waals surface area contributed by atoms with E-state index in [1.54, 1.807) is 0 Å². The van der Waals surface area contributed by atoms with Gasteiger partial charge in [0.05, 0.1) is 0 Å². The maximum absolute atomic E-state index is 6.53. The minimum atomic E-state index is 0.0788. The van der Waals surface area contributed by atoms with Crippen LogP contribution in [0, 0.1) is 0 Å². The fourth-order valence-electron chi connectivity index (χ4n) is 3.11. The SMILES string of the molecule is CCc1ccc(C(N)C(C)N2CCN(C)C(C)(C)C2)cc1. The Bertz CT molecular complexity index is 452. The summed E-state index contributed by atoms with van der Waals surface area (Å²) in [5.41, 5.74) is 9.37. The maximum Gasteiger partial charge on any atom is 0.0450 e. The van der Waals surface area contributed by atoms with Crippen LogP contribution in [0.3, 0.4) is 0 Å². The van der Waals surface area contributed by atoms with Crippen LogP contribution in [0.15, 0.2) is 24.3 Å². The van der Waals surface area contributed by atoms with Crippen molar-refractivity contribution in [2.24, 2.45) is 5.73 Å². The van der Waals surface area contributed by atoms with Crippen molar-refractivity contribution in [3.05, 3.63) is 35.4 Å². The number of likely N-dealkylation sites (N-methyl/N-ethyl adjacent to an activating group) is 1. The Balaban J connectivity index is 2.06. The second kappa shape index (κ2) is 6.47. The lowest BCUT2D eigenvalue weighted by Gasteiger charge is -2.48. The third-order valence-corrected chi connectivity index (χ3v) is 5.21. The first kappa shape index (κ1) is 16.5. The summed E-state index contributed by atoms with van der Waals surface area (Å²) in [4.78, 5) is 4.98. The number of rotatable bonds is 4. The van der Waals surface area contributed by atoms with E-state index >= 15 is 0 Å². The molecule has 1 aromatic carbocycles. The van der Waals surface area contributed by atoms with Crippen LogP contribution in [0.5, 0.6) is 0 Å². The van der Waals surface area contributed by atoms with Gasteiger partial charge in [-0.1, -0.05) is 31.2 Å². The minimum Gasteiger partial charge on any atom is -0.323 e. The van der Waals surface area contributed by atoms with Crippen molar-refractivity contribution < 1.29 is 0 Å². The molecule has 118 valence electrons. The van der Waals surface area contributed by atoms with Gasteiger partial charge in [-0.2, -0.15) is 0 Å². The van der Waals surface area contributed by atoms with Gasteiger partial charge in [0.15, 0.2) is 0 Å². The molecule has 2 N–H and O–H groups in total. The van der Waals surface area contributed by atoms with Gasteiger partial charge >= 0.3 is 0 Å². The Morgan fingerprint density at radius 3 is 2.33 bits per heavy atom. The van der Waals surface area contributed by atoms with Gasteiger partial charge in [0.2, 0.25) is 0 Å². The third kappa shape index (κ3) is 3.65. The highest BCUT2D eigenvalue weighted by Gasteiger charge is 2.34. The fraction of sp³-hybridized carbons (Fsp3) is 0.667. The van der Waals surface area contributed by atoms with Gasteiger partial charge < -0.3 is 5.73 Å². The first-order chi connectivity index (χ1) is 9.85. The second-order valence-corrected chi connectivity index (χ2v) is 7.07. The molecule has 1 aliphatic rings. The Morgan fingerprint density at radius 2 is 1.81 bits per heavy atom. The predicted molar refractivity (Wildman–Crippen MR) is 90.5 cm³/mol. The van der Waals surface area contributed by atoms with Crippen molar-refractivity contribution >= 4 is 0 Å². The van der Waals surface area contributed by atoms with E-state index in [-0.39, 0.29) is 11.6 Å². The van der Waals surface area contributed by atoms with Crippen molar-refractivity contribution in [2.75, 3.05) is 26.7 Å². The topological polar surface area (TPSA) is 32.5 Å². The molecule has 0 amide bonds. The van der Waals surface area contributed by atoms with Crippen LogP contribution in [0.1, 0.15) is 44.9 Å². The molecular formula is C18H31N3. The van der Waals surface area contributed by atoms with Crippen LogP contribution < -0.4 is 5.73 Å². The molecule has 3 heteroatoms. The number of hydrogen-bond acceptors (Lipinski definition) is 3. The van der Waals surface area contributed by atoms with Gasteiger partial charge in [-0.25, -0.2) is 0 Å². The highest BCUT2D eigenvalue weighted by atomic mass is 15.3. The standard InChI is InChI=1S/C18H31N3/c1-6-15-7-9-16(10-8-15)17(19)14(2)21-12-11-20(5)18(3,4)13-21/h7-10,14,17H,6,11-13,19H2,1-5H3. The molecule has 0 saturated carbocycles. The molecule has 2 rings (SSSR count). The molecule has 1 fully saturated rings. The van der Waals surface area contributed by atoms with Gasteiger partial charge in [-0.05, 0) is 45.4 Å². The van der Waals surface area contributed by atoms with E-state index in [4.69, 9.17) is 5.73 Å². The summed E-state index contributed by atoms with van der Waals surface area (Å²) >= 11 is 0. The number of hydrogen-bond donors (Lipinski definition) is 1. The van der Waals surface area contributed by atoms with Crippen molar-refractivity contribution in [3.8, 4) is 0 Å². The Morgan fingerprint density at radius 1 is 1.19 bits per heavy atom. The Kier molecular flexibility index (Phi) is 5.07. The van der Waals surface area contributed by atoms with Gasteiger partial charge in [0, 0.05) is 37.3 Å². The normalized spacial score (nSPS) is 23.0. The number of nitrogens with two attached hydrogens (primary N) is 1. The fourth-order valence-corrected chi connectivity index (χ4v) is 3.11. The van der Waals surface area contributed by atoms with E-state index in [0.29, 0.717) is 6.04 Å². The smallest absolute Gasteiger partial charge is 0.0450 e. The van der Waals surface area contributed by atoms with Crippen LogP contribution >= 0.6 is 0 Å². The number of nitrogens with zero attached hydrogens (tertiary/aromatic N) is 2. The van der Waals surface area contributed by atoms with E-state index in [0.717, 1.165) is 26.1 Å². The van der Waals surface area contributed by atoms with E-state index in [9.17, 15) is 0 Å². The monoisotopic (exact) mass is 289 g/mol. The summed E-state index contributed by atoms with van der Waals surface area (Å²) in [5, 5.41) is 0. The molecule has 0 spiro atoms. The first-order valence-corrected chi connectivity index (χ1v) is 8.15.